The first-order valence-electron chi connectivity index (χ1n) is 7.98. The van der Waals surface area contributed by atoms with Gasteiger partial charge in [0.2, 0.25) is 11.7 Å². The molecule has 0 radical (unpaired) electrons. The van der Waals surface area contributed by atoms with E-state index in [9.17, 15) is 4.79 Å². The quantitative estimate of drug-likeness (QED) is 0.834. The van der Waals surface area contributed by atoms with Gasteiger partial charge in [-0.1, -0.05) is 17.3 Å². The molecule has 2 heterocycles. The van der Waals surface area contributed by atoms with Crippen molar-refractivity contribution in [1.29, 1.82) is 0 Å². The van der Waals surface area contributed by atoms with Crippen LogP contribution in [0.1, 0.15) is 35.5 Å². The Morgan fingerprint density at radius 2 is 2.17 bits per heavy atom. The molecule has 0 unspecified atom stereocenters. The summed E-state index contributed by atoms with van der Waals surface area (Å²) in [5.41, 5.74) is 1.23. The topological polar surface area (TPSA) is 77.2 Å². The summed E-state index contributed by atoms with van der Waals surface area (Å²) in [5, 5.41) is 7.39. The van der Waals surface area contributed by atoms with Gasteiger partial charge in [0.05, 0.1) is 12.7 Å². The van der Waals surface area contributed by atoms with Gasteiger partial charge in [-0.05, 0) is 50.4 Å². The van der Waals surface area contributed by atoms with E-state index < -0.39 is 0 Å². The number of hydrogen-bond donors (Lipinski definition) is 1. The van der Waals surface area contributed by atoms with Crippen molar-refractivity contribution in [3.63, 3.8) is 0 Å². The highest BCUT2D eigenvalue weighted by Gasteiger charge is 2.16. The zero-order valence-electron chi connectivity index (χ0n) is 13.7. The fraction of sp³-hybridized carbons (Fsp3) is 0.471. The van der Waals surface area contributed by atoms with Crippen molar-refractivity contribution >= 4 is 18.4 Å². The van der Waals surface area contributed by atoms with E-state index in [1.165, 1.54) is 20.0 Å². The third-order valence-electron chi connectivity index (χ3n) is 4.24. The molecule has 7 heteroatoms. The van der Waals surface area contributed by atoms with Crippen LogP contribution in [0.2, 0.25) is 0 Å². The predicted molar refractivity (Wildman–Crippen MR) is 92.2 cm³/mol. The second kappa shape index (κ2) is 8.80. The van der Waals surface area contributed by atoms with Crippen LogP contribution in [-0.4, -0.2) is 36.3 Å². The number of methoxy groups -OCH3 is 1. The lowest BCUT2D eigenvalue weighted by atomic mass is 9.93. The molecule has 1 aliphatic rings. The number of rotatable bonds is 5. The zero-order valence-corrected chi connectivity index (χ0v) is 14.5. The lowest BCUT2D eigenvalue weighted by molar-refractivity contribution is 0.0601. The average molecular weight is 352 g/mol. The summed E-state index contributed by atoms with van der Waals surface area (Å²) in [4.78, 5) is 16.0. The van der Waals surface area contributed by atoms with E-state index in [2.05, 4.69) is 15.5 Å². The first-order chi connectivity index (χ1) is 11.3. The van der Waals surface area contributed by atoms with Crippen molar-refractivity contribution in [2.75, 3.05) is 20.2 Å². The predicted octanol–water partition coefficient (Wildman–Crippen LogP) is 2.88. The number of nitrogens with zero attached hydrogens (tertiary/aromatic N) is 2. The summed E-state index contributed by atoms with van der Waals surface area (Å²) >= 11 is 0. The van der Waals surface area contributed by atoms with Crippen molar-refractivity contribution < 1.29 is 14.1 Å². The van der Waals surface area contributed by atoms with Crippen LogP contribution in [0.4, 0.5) is 0 Å². The Balaban J connectivity index is 0.00000208. The Morgan fingerprint density at radius 1 is 1.38 bits per heavy atom. The molecule has 0 spiro atoms. The first-order valence-corrected chi connectivity index (χ1v) is 7.98. The van der Waals surface area contributed by atoms with Crippen LogP contribution in [0.3, 0.4) is 0 Å². The summed E-state index contributed by atoms with van der Waals surface area (Å²) in [7, 11) is 1.36. The molecule has 1 aliphatic heterocycles. The molecule has 0 saturated carbocycles. The summed E-state index contributed by atoms with van der Waals surface area (Å²) in [5.74, 6) is 1.52. The van der Waals surface area contributed by atoms with Crippen molar-refractivity contribution in [3.8, 4) is 11.4 Å². The summed E-state index contributed by atoms with van der Waals surface area (Å²) in [6.07, 6.45) is 4.30. The molecule has 2 aromatic rings. The first kappa shape index (κ1) is 18.4. The van der Waals surface area contributed by atoms with Crippen LogP contribution in [0.5, 0.6) is 0 Å². The van der Waals surface area contributed by atoms with Crippen LogP contribution in [-0.2, 0) is 11.2 Å². The Morgan fingerprint density at radius 3 is 2.92 bits per heavy atom. The van der Waals surface area contributed by atoms with Gasteiger partial charge < -0.3 is 14.6 Å². The van der Waals surface area contributed by atoms with Crippen LogP contribution in [0.25, 0.3) is 11.4 Å². The maximum Gasteiger partial charge on any atom is 0.337 e. The Kier molecular flexibility index (Phi) is 6.75. The lowest BCUT2D eigenvalue weighted by Gasteiger charge is -2.21. The maximum absolute atomic E-state index is 11.6. The molecule has 0 bridgehead atoms. The molecule has 130 valence electrons. The van der Waals surface area contributed by atoms with Gasteiger partial charge in [0.25, 0.3) is 0 Å². The SMILES string of the molecule is COC(=O)c1cccc(-c2noc(CCC3CCNCC3)n2)c1.Cl. The smallest absolute Gasteiger partial charge is 0.337 e. The maximum atomic E-state index is 11.6. The Labute approximate surface area is 147 Å². The van der Waals surface area contributed by atoms with Crippen molar-refractivity contribution in [3.05, 3.63) is 35.7 Å². The van der Waals surface area contributed by atoms with E-state index in [-0.39, 0.29) is 18.4 Å². The molecule has 1 aromatic carbocycles. The van der Waals surface area contributed by atoms with Gasteiger partial charge in [0.15, 0.2) is 0 Å². The molecular weight excluding hydrogens is 330 g/mol. The van der Waals surface area contributed by atoms with Crippen molar-refractivity contribution in [2.24, 2.45) is 5.92 Å². The minimum atomic E-state index is -0.374. The molecule has 1 saturated heterocycles. The second-order valence-electron chi connectivity index (χ2n) is 5.82. The van der Waals surface area contributed by atoms with Crippen LogP contribution >= 0.6 is 12.4 Å². The van der Waals surface area contributed by atoms with Gasteiger partial charge in [-0.15, -0.1) is 12.4 Å². The number of esters is 1. The number of halogens is 1. The van der Waals surface area contributed by atoms with Gasteiger partial charge in [0, 0.05) is 12.0 Å². The highest BCUT2D eigenvalue weighted by molar-refractivity contribution is 5.90. The van der Waals surface area contributed by atoms with Crippen molar-refractivity contribution in [2.45, 2.75) is 25.7 Å². The van der Waals surface area contributed by atoms with Gasteiger partial charge in [-0.3, -0.25) is 0 Å². The third kappa shape index (κ3) is 4.55. The van der Waals surface area contributed by atoms with E-state index in [0.29, 0.717) is 17.3 Å². The number of nitrogens with one attached hydrogen (secondary N) is 1. The lowest BCUT2D eigenvalue weighted by Crippen LogP contribution is -2.27. The molecule has 0 aliphatic carbocycles. The Hall–Kier alpha value is -1.92. The van der Waals surface area contributed by atoms with E-state index in [1.807, 2.05) is 6.07 Å². The molecular formula is C17H22ClN3O3. The molecule has 1 fully saturated rings. The molecule has 1 N–H and O–H groups in total. The molecule has 1 aromatic heterocycles. The summed E-state index contributed by atoms with van der Waals surface area (Å²) in [6.45, 7) is 2.19. The molecule has 0 amide bonds. The highest BCUT2D eigenvalue weighted by atomic mass is 35.5. The molecule has 0 atom stereocenters. The standard InChI is InChI=1S/C17H21N3O3.ClH/c1-22-17(21)14-4-2-3-13(11-14)16-19-15(23-20-16)6-5-12-7-9-18-10-8-12;/h2-4,11-12,18H,5-10H2,1H3;1H. The van der Waals surface area contributed by atoms with E-state index in [1.54, 1.807) is 18.2 Å². The fourth-order valence-electron chi connectivity index (χ4n) is 2.87. The summed E-state index contributed by atoms with van der Waals surface area (Å²) in [6, 6.07) is 7.06. The zero-order chi connectivity index (χ0) is 16.1. The number of carbonyl (C=O) groups excluding carboxylic acids is 1. The minimum absolute atomic E-state index is 0. The fourth-order valence-corrected chi connectivity index (χ4v) is 2.87. The van der Waals surface area contributed by atoms with Gasteiger partial charge in [-0.25, -0.2) is 4.79 Å². The number of aromatic nitrogens is 2. The number of benzene rings is 1. The number of piperidine rings is 1. The van der Waals surface area contributed by atoms with E-state index in [4.69, 9.17) is 9.26 Å². The number of carbonyl (C=O) groups is 1. The number of ether oxygens (including phenoxy) is 1. The minimum Gasteiger partial charge on any atom is -0.465 e. The normalized spacial score (nSPS) is 14.9. The van der Waals surface area contributed by atoms with E-state index >= 15 is 0 Å². The molecule has 6 nitrogen and oxygen atoms in total. The van der Waals surface area contributed by atoms with Crippen LogP contribution < -0.4 is 5.32 Å². The molecule has 3 rings (SSSR count). The number of hydrogen-bond acceptors (Lipinski definition) is 6. The number of aryl methyl sites for hydroxylation is 1. The van der Waals surface area contributed by atoms with Gasteiger partial charge in [0.1, 0.15) is 0 Å². The Bertz CT molecular complexity index is 669. The van der Waals surface area contributed by atoms with Crippen molar-refractivity contribution in [1.82, 2.24) is 15.5 Å². The van der Waals surface area contributed by atoms with Crippen LogP contribution in [0, 0.1) is 5.92 Å². The summed E-state index contributed by atoms with van der Waals surface area (Å²) < 4.78 is 10.1. The molecule has 24 heavy (non-hydrogen) atoms. The average Bonchev–Trinajstić information content (AvgIpc) is 3.09. The second-order valence-corrected chi connectivity index (χ2v) is 5.82. The highest BCUT2D eigenvalue weighted by Crippen LogP contribution is 2.21. The van der Waals surface area contributed by atoms with Crippen LogP contribution in [0.15, 0.2) is 28.8 Å². The van der Waals surface area contributed by atoms with E-state index in [0.717, 1.165) is 37.4 Å². The van der Waals surface area contributed by atoms with Gasteiger partial charge >= 0.3 is 5.97 Å². The monoisotopic (exact) mass is 351 g/mol. The van der Waals surface area contributed by atoms with Gasteiger partial charge in [-0.2, -0.15) is 4.98 Å². The third-order valence-corrected chi connectivity index (χ3v) is 4.24. The largest absolute Gasteiger partial charge is 0.465 e.